The highest BCUT2D eigenvalue weighted by molar-refractivity contribution is 6.53. The Morgan fingerprint density at radius 2 is 1.75 bits per heavy atom. The smallest absolute Gasteiger partial charge is 0.0642 e. The number of hydrogen-bond acceptors (Lipinski definition) is 0. The zero-order chi connectivity index (χ0) is 10.8. The Balaban J connectivity index is 1.66. The van der Waals surface area contributed by atoms with Crippen molar-refractivity contribution in [1.82, 2.24) is 0 Å². The molecule has 0 bridgehead atoms. The van der Waals surface area contributed by atoms with Crippen LogP contribution in [-0.2, 0) is 0 Å². The molecule has 84 valence electrons. The summed E-state index contributed by atoms with van der Waals surface area (Å²) < 4.78 is 0. The monoisotopic (exact) mass is 228 g/mol. The van der Waals surface area contributed by atoms with Crippen molar-refractivity contribution >= 4 is 14.7 Å². The molecule has 2 radical (unpaired) electrons. The molecule has 0 N–H and O–H groups in total. The Hall–Kier alpha value is -0.563. The lowest BCUT2D eigenvalue weighted by atomic mass is 9.82. The molecule has 2 fully saturated rings. The summed E-state index contributed by atoms with van der Waals surface area (Å²) in [6.07, 6.45) is 9.11. The van der Waals surface area contributed by atoms with Crippen molar-refractivity contribution in [2.75, 3.05) is 0 Å². The van der Waals surface area contributed by atoms with Crippen molar-refractivity contribution in [2.24, 2.45) is 11.3 Å². The number of fused-ring (bicyclic) bond motifs is 1. The third kappa shape index (κ3) is 1.86. The average molecular weight is 228 g/mol. The van der Waals surface area contributed by atoms with Crippen LogP contribution in [0.25, 0.3) is 0 Å². The molecule has 2 aliphatic rings. The Kier molecular flexibility index (Phi) is 2.89. The van der Waals surface area contributed by atoms with Crippen LogP contribution in [0.4, 0.5) is 0 Å². The summed E-state index contributed by atoms with van der Waals surface area (Å²) in [5.74, 6) is 1.09. The lowest BCUT2D eigenvalue weighted by Gasteiger charge is -2.29. The standard InChI is InChI=1S/C15H20Si/c1-2-8-14(9-3-1)16-12-15-10-4-6-13(15)7-5-11-15/h1-3,8-9,13H,4-7,10-12H2. The molecule has 0 aromatic heterocycles. The van der Waals surface area contributed by atoms with Crippen molar-refractivity contribution in [2.45, 2.75) is 44.6 Å². The second kappa shape index (κ2) is 4.36. The summed E-state index contributed by atoms with van der Waals surface area (Å²) in [7, 11) is 1.04. The van der Waals surface area contributed by atoms with E-state index in [9.17, 15) is 0 Å². The van der Waals surface area contributed by atoms with E-state index in [1.807, 2.05) is 0 Å². The molecule has 2 saturated carbocycles. The largest absolute Gasteiger partial charge is 0.0813 e. The van der Waals surface area contributed by atoms with E-state index >= 15 is 0 Å². The molecule has 0 heterocycles. The van der Waals surface area contributed by atoms with Gasteiger partial charge in [-0.1, -0.05) is 54.4 Å². The highest BCUT2D eigenvalue weighted by Gasteiger charge is 2.45. The highest BCUT2D eigenvalue weighted by Crippen LogP contribution is 2.56. The van der Waals surface area contributed by atoms with Crippen LogP contribution in [0.1, 0.15) is 38.5 Å². The zero-order valence-corrected chi connectivity index (χ0v) is 10.9. The van der Waals surface area contributed by atoms with Crippen LogP contribution in [0, 0.1) is 11.3 Å². The summed E-state index contributed by atoms with van der Waals surface area (Å²) in [5.41, 5.74) is 0.772. The third-order valence-electron chi connectivity index (χ3n) is 4.74. The van der Waals surface area contributed by atoms with Crippen molar-refractivity contribution in [3.05, 3.63) is 30.3 Å². The van der Waals surface area contributed by atoms with Crippen LogP contribution in [0.2, 0.25) is 6.04 Å². The molecule has 0 aliphatic heterocycles. The average Bonchev–Trinajstić information content (AvgIpc) is 2.87. The molecule has 2 aliphatic carbocycles. The van der Waals surface area contributed by atoms with Crippen molar-refractivity contribution in [3.63, 3.8) is 0 Å². The fourth-order valence-electron chi connectivity index (χ4n) is 3.85. The molecule has 0 spiro atoms. The fraction of sp³-hybridized carbons (Fsp3) is 0.600. The molecule has 1 aromatic carbocycles. The summed E-state index contributed by atoms with van der Waals surface area (Å²) in [4.78, 5) is 0. The van der Waals surface area contributed by atoms with Gasteiger partial charge in [0.2, 0.25) is 0 Å². The van der Waals surface area contributed by atoms with Crippen molar-refractivity contribution in [3.8, 4) is 0 Å². The summed E-state index contributed by atoms with van der Waals surface area (Å²) in [6, 6.07) is 12.6. The molecular weight excluding hydrogens is 208 g/mol. The van der Waals surface area contributed by atoms with E-state index < -0.39 is 0 Å². The van der Waals surface area contributed by atoms with E-state index in [1.54, 1.807) is 5.19 Å². The minimum atomic E-state index is 0.772. The first-order valence-corrected chi connectivity index (χ1v) is 7.89. The first-order chi connectivity index (χ1) is 7.89. The maximum atomic E-state index is 2.30. The molecule has 1 heteroatoms. The van der Waals surface area contributed by atoms with Crippen LogP contribution >= 0.6 is 0 Å². The molecule has 0 nitrogen and oxygen atoms in total. The van der Waals surface area contributed by atoms with Crippen LogP contribution in [0.15, 0.2) is 30.3 Å². The zero-order valence-electron chi connectivity index (χ0n) is 9.91. The first kappa shape index (κ1) is 10.6. The minimum absolute atomic E-state index is 0.772. The van der Waals surface area contributed by atoms with Gasteiger partial charge in [0.05, 0.1) is 9.52 Å². The molecule has 0 saturated heterocycles. The highest BCUT2D eigenvalue weighted by atomic mass is 28.2. The molecule has 0 amide bonds. The predicted octanol–water partition coefficient (Wildman–Crippen LogP) is 3.40. The topological polar surface area (TPSA) is 0 Å². The Morgan fingerprint density at radius 3 is 2.44 bits per heavy atom. The third-order valence-corrected chi connectivity index (χ3v) is 6.36. The van der Waals surface area contributed by atoms with Crippen LogP contribution < -0.4 is 5.19 Å². The van der Waals surface area contributed by atoms with Crippen LogP contribution in [-0.4, -0.2) is 9.52 Å². The van der Waals surface area contributed by atoms with E-state index in [0.29, 0.717) is 0 Å². The summed E-state index contributed by atoms with van der Waals surface area (Å²) >= 11 is 0. The van der Waals surface area contributed by atoms with Crippen LogP contribution in [0.5, 0.6) is 0 Å². The second-order valence-electron chi connectivity index (χ2n) is 5.56. The van der Waals surface area contributed by atoms with Gasteiger partial charge in [-0.2, -0.15) is 0 Å². The molecule has 0 atom stereocenters. The Labute approximate surface area is 101 Å². The Morgan fingerprint density at radius 1 is 1.06 bits per heavy atom. The Bertz CT molecular complexity index is 334. The predicted molar refractivity (Wildman–Crippen MR) is 70.3 cm³/mol. The number of hydrogen-bond donors (Lipinski definition) is 0. The van der Waals surface area contributed by atoms with Gasteiger partial charge in [0.15, 0.2) is 0 Å². The maximum absolute atomic E-state index is 2.30. The molecule has 16 heavy (non-hydrogen) atoms. The minimum Gasteiger partial charge on any atom is -0.0642 e. The van der Waals surface area contributed by atoms with E-state index in [0.717, 1.165) is 20.9 Å². The van der Waals surface area contributed by atoms with E-state index in [-0.39, 0.29) is 0 Å². The van der Waals surface area contributed by atoms with E-state index in [2.05, 4.69) is 30.3 Å². The van der Waals surface area contributed by atoms with Gasteiger partial charge < -0.3 is 0 Å². The van der Waals surface area contributed by atoms with Gasteiger partial charge in [-0.15, -0.1) is 0 Å². The quantitative estimate of drug-likeness (QED) is 0.696. The molecule has 0 unspecified atom stereocenters. The normalized spacial score (nSPS) is 32.9. The van der Waals surface area contributed by atoms with Gasteiger partial charge in [0, 0.05) is 0 Å². The lowest BCUT2D eigenvalue weighted by molar-refractivity contribution is 0.276. The fourth-order valence-corrected chi connectivity index (χ4v) is 5.47. The van der Waals surface area contributed by atoms with Crippen molar-refractivity contribution < 1.29 is 0 Å². The van der Waals surface area contributed by atoms with Gasteiger partial charge in [0.1, 0.15) is 0 Å². The van der Waals surface area contributed by atoms with E-state index in [1.165, 1.54) is 44.6 Å². The second-order valence-corrected chi connectivity index (χ2v) is 6.85. The van der Waals surface area contributed by atoms with Gasteiger partial charge in [-0.3, -0.25) is 0 Å². The first-order valence-electron chi connectivity index (χ1n) is 6.68. The van der Waals surface area contributed by atoms with Gasteiger partial charge in [-0.05, 0) is 37.0 Å². The van der Waals surface area contributed by atoms with Gasteiger partial charge in [0.25, 0.3) is 0 Å². The van der Waals surface area contributed by atoms with Gasteiger partial charge in [-0.25, -0.2) is 0 Å². The van der Waals surface area contributed by atoms with E-state index in [4.69, 9.17) is 0 Å². The SMILES string of the molecule is c1ccc([Si]CC23CCCC2CCC3)cc1. The maximum Gasteiger partial charge on any atom is 0.0813 e. The summed E-state index contributed by atoms with van der Waals surface area (Å²) in [6.45, 7) is 0. The molecule has 3 rings (SSSR count). The van der Waals surface area contributed by atoms with Crippen molar-refractivity contribution in [1.29, 1.82) is 0 Å². The molecular formula is C15H20Si. The lowest BCUT2D eigenvalue weighted by Crippen LogP contribution is -2.26. The summed E-state index contributed by atoms with van der Waals surface area (Å²) in [5, 5.41) is 1.56. The number of rotatable bonds is 3. The van der Waals surface area contributed by atoms with Crippen LogP contribution in [0.3, 0.4) is 0 Å². The molecule has 1 aromatic rings. The number of benzene rings is 1. The van der Waals surface area contributed by atoms with Gasteiger partial charge >= 0.3 is 0 Å².